The van der Waals surface area contributed by atoms with Crippen LogP contribution in [0.2, 0.25) is 0 Å². The fourth-order valence-corrected chi connectivity index (χ4v) is 4.24. The summed E-state index contributed by atoms with van der Waals surface area (Å²) in [6, 6.07) is 6.57. The van der Waals surface area contributed by atoms with Crippen LogP contribution < -0.4 is 0 Å². The summed E-state index contributed by atoms with van der Waals surface area (Å²) in [5.74, 6) is -1.68. The highest BCUT2D eigenvalue weighted by Gasteiger charge is 2.34. The Morgan fingerprint density at radius 3 is 2.81 bits per heavy atom. The number of hydrogen-bond donors (Lipinski definition) is 1. The van der Waals surface area contributed by atoms with Gasteiger partial charge in [-0.15, -0.1) is 0 Å². The molecule has 1 aromatic rings. The molecule has 1 aliphatic heterocycles. The maximum absolute atomic E-state index is 12.7. The summed E-state index contributed by atoms with van der Waals surface area (Å²) in [5.41, 5.74) is 0.709. The second-order valence-electron chi connectivity index (χ2n) is 5.10. The Labute approximate surface area is 123 Å². The lowest BCUT2D eigenvalue weighted by Gasteiger charge is -2.30. The molecule has 21 heavy (non-hydrogen) atoms. The molecule has 1 heterocycles. The molecule has 6 nitrogen and oxygen atoms in total. The number of carboxylic acid groups (broad SMARTS) is 1. The summed E-state index contributed by atoms with van der Waals surface area (Å²) < 4.78 is 26.5. The van der Waals surface area contributed by atoms with E-state index >= 15 is 0 Å². The van der Waals surface area contributed by atoms with E-state index in [0.717, 1.165) is 0 Å². The number of piperidine rings is 1. The van der Waals surface area contributed by atoms with Crippen LogP contribution in [0.25, 0.3) is 0 Å². The number of nitrogens with zero attached hydrogens (tertiary/aromatic N) is 2. The zero-order valence-corrected chi connectivity index (χ0v) is 12.4. The molecule has 0 saturated carbocycles. The molecule has 1 aliphatic rings. The molecule has 0 radical (unpaired) electrons. The Hall–Kier alpha value is -1.91. The molecule has 0 bridgehead atoms. The van der Waals surface area contributed by atoms with Gasteiger partial charge in [-0.2, -0.15) is 9.57 Å². The highest BCUT2D eigenvalue weighted by atomic mass is 32.2. The van der Waals surface area contributed by atoms with Crippen LogP contribution in [0.1, 0.15) is 24.0 Å². The van der Waals surface area contributed by atoms with Gasteiger partial charge in [0.25, 0.3) is 0 Å². The zero-order chi connectivity index (χ0) is 15.6. The van der Waals surface area contributed by atoms with Crippen molar-refractivity contribution in [3.8, 4) is 6.07 Å². The van der Waals surface area contributed by atoms with Crippen LogP contribution in [0.4, 0.5) is 0 Å². The first-order valence-electron chi connectivity index (χ1n) is 6.60. The minimum atomic E-state index is -3.85. The quantitative estimate of drug-likeness (QED) is 0.908. The number of aliphatic carboxylic acids is 1. The van der Waals surface area contributed by atoms with Crippen molar-refractivity contribution in [1.82, 2.24) is 4.31 Å². The number of carbonyl (C=O) groups is 1. The number of aryl methyl sites for hydroxylation is 1. The van der Waals surface area contributed by atoms with E-state index < -0.39 is 21.9 Å². The van der Waals surface area contributed by atoms with E-state index in [1.807, 2.05) is 6.07 Å². The van der Waals surface area contributed by atoms with E-state index in [-0.39, 0.29) is 23.5 Å². The first-order chi connectivity index (χ1) is 9.87. The molecule has 2 rings (SSSR count). The van der Waals surface area contributed by atoms with E-state index in [2.05, 4.69) is 0 Å². The molecule has 7 heteroatoms. The van der Waals surface area contributed by atoms with Gasteiger partial charge >= 0.3 is 5.97 Å². The molecule has 1 atom stereocenters. The van der Waals surface area contributed by atoms with Gasteiger partial charge in [-0.25, -0.2) is 8.42 Å². The fraction of sp³-hybridized carbons (Fsp3) is 0.429. The van der Waals surface area contributed by atoms with Crippen LogP contribution in [0.3, 0.4) is 0 Å². The van der Waals surface area contributed by atoms with Crippen molar-refractivity contribution in [2.24, 2.45) is 5.92 Å². The van der Waals surface area contributed by atoms with Crippen LogP contribution >= 0.6 is 0 Å². The van der Waals surface area contributed by atoms with Crippen molar-refractivity contribution >= 4 is 16.0 Å². The minimum absolute atomic E-state index is 0.0452. The number of sulfonamides is 1. The molecule has 0 amide bonds. The molecule has 1 fully saturated rings. The average molecular weight is 308 g/mol. The fourth-order valence-electron chi connectivity index (χ4n) is 2.50. The third kappa shape index (κ3) is 2.91. The van der Waals surface area contributed by atoms with Crippen molar-refractivity contribution < 1.29 is 18.3 Å². The lowest BCUT2D eigenvalue weighted by molar-refractivity contribution is -0.142. The normalized spacial score (nSPS) is 19.9. The summed E-state index contributed by atoms with van der Waals surface area (Å²) in [7, 11) is -3.85. The number of benzene rings is 1. The summed E-state index contributed by atoms with van der Waals surface area (Å²) >= 11 is 0. The van der Waals surface area contributed by atoms with Gasteiger partial charge in [-0.1, -0.05) is 12.1 Å². The van der Waals surface area contributed by atoms with Gasteiger partial charge in [0.2, 0.25) is 10.0 Å². The van der Waals surface area contributed by atoms with Crippen LogP contribution in [0.15, 0.2) is 23.1 Å². The van der Waals surface area contributed by atoms with E-state index in [0.29, 0.717) is 18.4 Å². The number of hydrogen-bond acceptors (Lipinski definition) is 4. The van der Waals surface area contributed by atoms with E-state index in [1.54, 1.807) is 19.1 Å². The predicted molar refractivity (Wildman–Crippen MR) is 75.0 cm³/mol. The third-order valence-electron chi connectivity index (χ3n) is 3.70. The number of nitriles is 1. The molecule has 1 N–H and O–H groups in total. The standard InChI is InChI=1S/C14H16N2O4S/c1-10-4-2-6-13(12(10)8-15)21(19,20)16-7-3-5-11(9-16)14(17)18/h2,4,6,11H,3,5,7,9H2,1H3,(H,17,18). The van der Waals surface area contributed by atoms with Gasteiger partial charge in [0.15, 0.2) is 0 Å². The molecule has 0 aliphatic carbocycles. The Morgan fingerprint density at radius 1 is 1.48 bits per heavy atom. The maximum atomic E-state index is 12.7. The van der Waals surface area contributed by atoms with Gasteiger partial charge in [0.1, 0.15) is 11.0 Å². The number of carboxylic acids is 1. The second-order valence-corrected chi connectivity index (χ2v) is 7.01. The molecular weight excluding hydrogens is 292 g/mol. The lowest BCUT2D eigenvalue weighted by Crippen LogP contribution is -2.42. The molecule has 1 aromatic carbocycles. The second kappa shape index (κ2) is 5.84. The van der Waals surface area contributed by atoms with Gasteiger partial charge in [-0.05, 0) is 31.4 Å². The molecule has 1 unspecified atom stereocenters. The predicted octanol–water partition coefficient (Wildman–Crippen LogP) is 1.35. The molecule has 0 aromatic heterocycles. The summed E-state index contributed by atoms with van der Waals surface area (Å²) in [4.78, 5) is 11.0. The third-order valence-corrected chi connectivity index (χ3v) is 5.61. The Balaban J connectivity index is 2.41. The van der Waals surface area contributed by atoms with Crippen LogP contribution in [0.5, 0.6) is 0 Å². The van der Waals surface area contributed by atoms with Crippen LogP contribution in [-0.2, 0) is 14.8 Å². The largest absolute Gasteiger partial charge is 0.481 e. The zero-order valence-electron chi connectivity index (χ0n) is 11.6. The molecule has 0 spiro atoms. The highest BCUT2D eigenvalue weighted by Crippen LogP contribution is 2.27. The van der Waals surface area contributed by atoms with Crippen LogP contribution in [0, 0.1) is 24.2 Å². The summed E-state index contributed by atoms with van der Waals surface area (Å²) in [6.45, 7) is 1.91. The Bertz CT molecular complexity index is 706. The van der Waals surface area contributed by atoms with E-state index in [9.17, 15) is 18.5 Å². The van der Waals surface area contributed by atoms with Crippen molar-refractivity contribution in [3.63, 3.8) is 0 Å². The summed E-state index contributed by atoms with van der Waals surface area (Å²) in [5, 5.41) is 18.2. The smallest absolute Gasteiger partial charge is 0.307 e. The highest BCUT2D eigenvalue weighted by molar-refractivity contribution is 7.89. The number of rotatable bonds is 3. The van der Waals surface area contributed by atoms with Crippen molar-refractivity contribution in [2.75, 3.05) is 13.1 Å². The van der Waals surface area contributed by atoms with E-state index in [1.165, 1.54) is 10.4 Å². The molecule has 112 valence electrons. The SMILES string of the molecule is Cc1cccc(S(=O)(=O)N2CCCC(C(=O)O)C2)c1C#N. The first-order valence-corrected chi connectivity index (χ1v) is 8.04. The van der Waals surface area contributed by atoms with Crippen molar-refractivity contribution in [3.05, 3.63) is 29.3 Å². The lowest BCUT2D eigenvalue weighted by atomic mass is 10.0. The van der Waals surface area contributed by atoms with Gasteiger partial charge in [0.05, 0.1) is 11.5 Å². The minimum Gasteiger partial charge on any atom is -0.481 e. The molecule has 1 saturated heterocycles. The Kier molecular flexibility index (Phi) is 4.30. The maximum Gasteiger partial charge on any atom is 0.307 e. The molecular formula is C14H16N2O4S. The monoisotopic (exact) mass is 308 g/mol. The van der Waals surface area contributed by atoms with E-state index in [4.69, 9.17) is 5.11 Å². The van der Waals surface area contributed by atoms with Crippen molar-refractivity contribution in [1.29, 1.82) is 5.26 Å². The average Bonchev–Trinajstić information content (AvgIpc) is 2.47. The van der Waals surface area contributed by atoms with Gasteiger partial charge in [-0.3, -0.25) is 4.79 Å². The van der Waals surface area contributed by atoms with Gasteiger partial charge < -0.3 is 5.11 Å². The topological polar surface area (TPSA) is 98.5 Å². The van der Waals surface area contributed by atoms with Crippen LogP contribution in [-0.4, -0.2) is 36.9 Å². The van der Waals surface area contributed by atoms with Gasteiger partial charge in [0, 0.05) is 13.1 Å². The Morgan fingerprint density at radius 2 is 2.19 bits per heavy atom. The summed E-state index contributed by atoms with van der Waals surface area (Å²) in [6.07, 6.45) is 0.976. The van der Waals surface area contributed by atoms with Crippen molar-refractivity contribution in [2.45, 2.75) is 24.7 Å². The first kappa shape index (κ1) is 15.5.